The van der Waals surface area contributed by atoms with Gasteiger partial charge in [-0.3, -0.25) is 0 Å². The summed E-state index contributed by atoms with van der Waals surface area (Å²) >= 11 is 0. The predicted molar refractivity (Wildman–Crippen MR) is 51.7 cm³/mol. The second-order valence-electron chi connectivity index (χ2n) is 2.97. The van der Waals surface area contributed by atoms with Gasteiger partial charge < -0.3 is 15.6 Å². The fourth-order valence-corrected chi connectivity index (χ4v) is 0.972. The van der Waals surface area contributed by atoms with Gasteiger partial charge in [-0.25, -0.2) is 0 Å². The molecule has 0 aliphatic rings. The molecule has 1 aromatic carbocycles. The maximum Gasteiger partial charge on any atom is 0.122 e. The highest BCUT2D eigenvalue weighted by molar-refractivity contribution is 5.31. The Morgan fingerprint density at radius 3 is 2.77 bits per heavy atom. The predicted octanol–water partition coefficient (Wildman–Crippen LogP) is 0.693. The van der Waals surface area contributed by atoms with E-state index in [4.69, 9.17) is 15.6 Å². The molecule has 3 N–H and O–H groups in total. The monoisotopic (exact) mass is 181 g/mol. The number of aliphatic hydroxyl groups is 1. The van der Waals surface area contributed by atoms with Crippen LogP contribution < -0.4 is 10.5 Å². The van der Waals surface area contributed by atoms with Crippen LogP contribution in [0.1, 0.15) is 5.56 Å². The lowest BCUT2D eigenvalue weighted by Gasteiger charge is -2.11. The zero-order chi connectivity index (χ0) is 9.68. The molecular formula is C10H15NO2. The number of aryl methyl sites for hydroxylation is 1. The Bertz CT molecular complexity index is 263. The number of aliphatic hydroxyl groups excluding tert-OH is 1. The summed E-state index contributed by atoms with van der Waals surface area (Å²) in [6.07, 6.45) is -0.584. The van der Waals surface area contributed by atoms with Crippen molar-refractivity contribution < 1.29 is 9.84 Å². The third-order valence-electron chi connectivity index (χ3n) is 1.80. The number of rotatable bonds is 4. The van der Waals surface area contributed by atoms with E-state index in [0.717, 1.165) is 11.3 Å². The molecule has 0 unspecified atom stereocenters. The van der Waals surface area contributed by atoms with Gasteiger partial charge in [0.1, 0.15) is 18.5 Å². The molecule has 0 spiro atoms. The summed E-state index contributed by atoms with van der Waals surface area (Å²) in [6.45, 7) is 2.44. The van der Waals surface area contributed by atoms with E-state index in [0.29, 0.717) is 0 Å². The molecular weight excluding hydrogens is 166 g/mol. The van der Waals surface area contributed by atoms with E-state index < -0.39 is 6.10 Å². The first-order valence-electron chi connectivity index (χ1n) is 4.30. The minimum atomic E-state index is -0.584. The molecule has 72 valence electrons. The molecule has 0 amide bonds. The van der Waals surface area contributed by atoms with Gasteiger partial charge in [-0.2, -0.15) is 0 Å². The summed E-state index contributed by atoms with van der Waals surface area (Å²) in [4.78, 5) is 0. The van der Waals surface area contributed by atoms with E-state index in [-0.39, 0.29) is 13.2 Å². The second kappa shape index (κ2) is 4.84. The zero-order valence-electron chi connectivity index (χ0n) is 7.73. The summed E-state index contributed by atoms with van der Waals surface area (Å²) in [5, 5.41) is 9.16. The van der Waals surface area contributed by atoms with Gasteiger partial charge in [-0.15, -0.1) is 0 Å². The average Bonchev–Trinajstić information content (AvgIpc) is 2.16. The fraction of sp³-hybridized carbons (Fsp3) is 0.400. The first-order chi connectivity index (χ1) is 6.24. The van der Waals surface area contributed by atoms with Crippen molar-refractivity contribution in [2.45, 2.75) is 13.0 Å². The van der Waals surface area contributed by atoms with Crippen molar-refractivity contribution in [1.29, 1.82) is 0 Å². The number of ether oxygens (including phenoxy) is 1. The number of hydrogen-bond acceptors (Lipinski definition) is 3. The summed E-state index contributed by atoms with van der Waals surface area (Å²) < 4.78 is 5.36. The molecule has 1 atom stereocenters. The van der Waals surface area contributed by atoms with Gasteiger partial charge in [0.15, 0.2) is 0 Å². The van der Waals surface area contributed by atoms with Crippen LogP contribution in [-0.2, 0) is 0 Å². The van der Waals surface area contributed by atoms with E-state index >= 15 is 0 Å². The number of hydrogen-bond donors (Lipinski definition) is 2. The highest BCUT2D eigenvalue weighted by Gasteiger charge is 2.03. The van der Waals surface area contributed by atoms with Crippen LogP contribution in [0, 0.1) is 6.92 Å². The molecule has 1 rings (SSSR count). The second-order valence-corrected chi connectivity index (χ2v) is 2.97. The SMILES string of the molecule is Cc1ccccc1OC[C@@H](O)CN. The molecule has 0 aliphatic carbocycles. The highest BCUT2D eigenvalue weighted by atomic mass is 16.5. The lowest BCUT2D eigenvalue weighted by molar-refractivity contribution is 0.114. The van der Waals surface area contributed by atoms with Crippen molar-refractivity contribution >= 4 is 0 Å². The average molecular weight is 181 g/mol. The number of benzene rings is 1. The lowest BCUT2D eigenvalue weighted by Crippen LogP contribution is -2.26. The van der Waals surface area contributed by atoms with Crippen LogP contribution in [-0.4, -0.2) is 24.4 Å². The molecule has 1 aromatic rings. The Kier molecular flexibility index (Phi) is 3.73. The summed E-state index contributed by atoms with van der Waals surface area (Å²) in [7, 11) is 0. The summed E-state index contributed by atoms with van der Waals surface area (Å²) in [5.74, 6) is 0.801. The van der Waals surface area contributed by atoms with Crippen LogP contribution in [0.25, 0.3) is 0 Å². The standard InChI is InChI=1S/C10H15NO2/c1-8-4-2-3-5-10(8)13-7-9(12)6-11/h2-5,9,12H,6-7,11H2,1H3/t9-/m0/s1. The lowest BCUT2D eigenvalue weighted by atomic mass is 10.2. The van der Waals surface area contributed by atoms with Crippen molar-refractivity contribution in [2.75, 3.05) is 13.2 Å². The quantitative estimate of drug-likeness (QED) is 0.718. The maximum atomic E-state index is 9.16. The fourth-order valence-electron chi connectivity index (χ4n) is 0.972. The number of para-hydroxylation sites is 1. The Hall–Kier alpha value is -1.06. The third kappa shape index (κ3) is 3.05. The smallest absolute Gasteiger partial charge is 0.122 e. The van der Waals surface area contributed by atoms with Crippen LogP contribution in [0.4, 0.5) is 0 Å². The van der Waals surface area contributed by atoms with Gasteiger partial charge >= 0.3 is 0 Å². The largest absolute Gasteiger partial charge is 0.491 e. The molecule has 3 nitrogen and oxygen atoms in total. The van der Waals surface area contributed by atoms with E-state index in [1.54, 1.807) is 0 Å². The van der Waals surface area contributed by atoms with Gasteiger partial charge in [0.05, 0.1) is 0 Å². The molecule has 3 heteroatoms. The van der Waals surface area contributed by atoms with Crippen molar-refractivity contribution in [3.8, 4) is 5.75 Å². The van der Waals surface area contributed by atoms with Crippen LogP contribution in [0.15, 0.2) is 24.3 Å². The molecule has 0 fully saturated rings. The molecule has 0 saturated heterocycles. The Balaban J connectivity index is 2.50. The van der Waals surface area contributed by atoms with E-state index in [1.165, 1.54) is 0 Å². The van der Waals surface area contributed by atoms with Crippen LogP contribution in [0.5, 0.6) is 5.75 Å². The van der Waals surface area contributed by atoms with Gasteiger partial charge in [0.2, 0.25) is 0 Å². The Labute approximate surface area is 78.1 Å². The van der Waals surface area contributed by atoms with Crippen LogP contribution in [0.3, 0.4) is 0 Å². The third-order valence-corrected chi connectivity index (χ3v) is 1.80. The summed E-state index contributed by atoms with van der Waals surface area (Å²) in [6, 6.07) is 7.68. The van der Waals surface area contributed by atoms with E-state index in [9.17, 15) is 0 Å². The topological polar surface area (TPSA) is 55.5 Å². The van der Waals surface area contributed by atoms with E-state index in [1.807, 2.05) is 31.2 Å². The normalized spacial score (nSPS) is 12.5. The minimum absolute atomic E-state index is 0.228. The van der Waals surface area contributed by atoms with E-state index in [2.05, 4.69) is 0 Å². The minimum Gasteiger partial charge on any atom is -0.491 e. The van der Waals surface area contributed by atoms with Gasteiger partial charge in [-0.05, 0) is 18.6 Å². The summed E-state index contributed by atoms with van der Waals surface area (Å²) in [5.41, 5.74) is 6.31. The molecule has 0 aromatic heterocycles. The van der Waals surface area contributed by atoms with Crippen molar-refractivity contribution in [3.63, 3.8) is 0 Å². The van der Waals surface area contributed by atoms with Crippen LogP contribution >= 0.6 is 0 Å². The number of nitrogens with two attached hydrogens (primary N) is 1. The molecule has 13 heavy (non-hydrogen) atoms. The van der Waals surface area contributed by atoms with Crippen molar-refractivity contribution in [3.05, 3.63) is 29.8 Å². The first-order valence-corrected chi connectivity index (χ1v) is 4.30. The Morgan fingerprint density at radius 1 is 1.46 bits per heavy atom. The first kappa shape index (κ1) is 10.0. The molecule has 0 bridgehead atoms. The molecule has 0 saturated carbocycles. The van der Waals surface area contributed by atoms with Gasteiger partial charge in [-0.1, -0.05) is 18.2 Å². The Morgan fingerprint density at radius 2 is 2.15 bits per heavy atom. The molecule has 0 aliphatic heterocycles. The highest BCUT2D eigenvalue weighted by Crippen LogP contribution is 2.15. The van der Waals surface area contributed by atoms with Gasteiger partial charge in [0.25, 0.3) is 0 Å². The van der Waals surface area contributed by atoms with Crippen molar-refractivity contribution in [1.82, 2.24) is 0 Å². The zero-order valence-corrected chi connectivity index (χ0v) is 7.73. The molecule has 0 heterocycles. The van der Waals surface area contributed by atoms with Crippen LogP contribution in [0.2, 0.25) is 0 Å². The van der Waals surface area contributed by atoms with Crippen molar-refractivity contribution in [2.24, 2.45) is 5.73 Å². The van der Waals surface area contributed by atoms with Gasteiger partial charge in [0, 0.05) is 6.54 Å². The molecule has 0 radical (unpaired) electrons. The maximum absolute atomic E-state index is 9.16.